The molecule has 0 bridgehead atoms. The van der Waals surface area contributed by atoms with Crippen molar-refractivity contribution < 1.29 is 0 Å². The third-order valence-electron chi connectivity index (χ3n) is 3.61. The van der Waals surface area contributed by atoms with Crippen molar-refractivity contribution in [3.05, 3.63) is 59.9 Å². The lowest BCUT2D eigenvalue weighted by molar-refractivity contribution is 0.876. The van der Waals surface area contributed by atoms with Crippen LogP contribution in [0.5, 0.6) is 0 Å². The molecular weight excluding hydrogens is 310 g/mol. The number of hydrogen-bond acceptors (Lipinski definition) is 5. The van der Waals surface area contributed by atoms with E-state index in [9.17, 15) is 0 Å². The fraction of sp³-hybridized carbons (Fsp3) is 0.250. The van der Waals surface area contributed by atoms with Crippen molar-refractivity contribution in [1.82, 2.24) is 15.0 Å². The van der Waals surface area contributed by atoms with Crippen LogP contribution in [0.25, 0.3) is 11.3 Å². The maximum atomic E-state index is 4.63. The lowest BCUT2D eigenvalue weighted by Gasteiger charge is -2.13. The predicted octanol–water partition coefficient (Wildman–Crippen LogP) is 4.72. The molecule has 0 fully saturated rings. The number of nitrogens with zero attached hydrogens (tertiary/aromatic N) is 3. The molecule has 1 aromatic carbocycles. The number of pyridine rings is 1. The van der Waals surface area contributed by atoms with E-state index in [1.165, 1.54) is 11.1 Å². The Bertz CT molecular complexity index is 839. The van der Waals surface area contributed by atoms with Crippen molar-refractivity contribution in [2.75, 3.05) is 10.6 Å². The standard InChI is InChI=1S/C20H23N5/c1-13(2)22-20-24-18(16-5-7-21-8-6-16)12-19(25-20)23-17-10-14(3)9-15(4)11-17/h5-13H,1-4H3,(H2,22,23,24,25). The van der Waals surface area contributed by atoms with Crippen LogP contribution in [-0.2, 0) is 0 Å². The van der Waals surface area contributed by atoms with Gasteiger partial charge >= 0.3 is 0 Å². The second kappa shape index (κ2) is 7.30. The van der Waals surface area contributed by atoms with Crippen molar-refractivity contribution >= 4 is 17.5 Å². The van der Waals surface area contributed by atoms with Gasteiger partial charge in [0, 0.05) is 35.8 Å². The van der Waals surface area contributed by atoms with E-state index >= 15 is 0 Å². The molecule has 3 aromatic rings. The summed E-state index contributed by atoms with van der Waals surface area (Å²) in [6, 6.07) is 12.5. The molecule has 0 aliphatic heterocycles. The molecule has 0 aliphatic carbocycles. The van der Waals surface area contributed by atoms with Gasteiger partial charge in [0.2, 0.25) is 5.95 Å². The number of aryl methyl sites for hydroxylation is 2. The van der Waals surface area contributed by atoms with Gasteiger partial charge in [-0.05, 0) is 63.1 Å². The fourth-order valence-electron chi connectivity index (χ4n) is 2.70. The van der Waals surface area contributed by atoms with Gasteiger partial charge in [0.1, 0.15) is 5.82 Å². The Morgan fingerprint density at radius 3 is 2.20 bits per heavy atom. The zero-order valence-electron chi connectivity index (χ0n) is 15.0. The Morgan fingerprint density at radius 2 is 1.56 bits per heavy atom. The van der Waals surface area contributed by atoms with Crippen LogP contribution >= 0.6 is 0 Å². The van der Waals surface area contributed by atoms with Crippen LogP contribution in [0.3, 0.4) is 0 Å². The zero-order valence-corrected chi connectivity index (χ0v) is 15.0. The highest BCUT2D eigenvalue weighted by Crippen LogP contribution is 2.24. The molecule has 2 aromatic heterocycles. The van der Waals surface area contributed by atoms with Crippen LogP contribution < -0.4 is 10.6 Å². The second-order valence-corrected chi connectivity index (χ2v) is 6.50. The molecule has 0 atom stereocenters. The average Bonchev–Trinajstić information content (AvgIpc) is 2.54. The van der Waals surface area contributed by atoms with Gasteiger partial charge in [0.15, 0.2) is 0 Å². The third-order valence-corrected chi connectivity index (χ3v) is 3.61. The van der Waals surface area contributed by atoms with Crippen LogP contribution in [0.2, 0.25) is 0 Å². The van der Waals surface area contributed by atoms with E-state index < -0.39 is 0 Å². The van der Waals surface area contributed by atoms with Gasteiger partial charge in [-0.1, -0.05) is 6.07 Å². The summed E-state index contributed by atoms with van der Waals surface area (Å²) in [7, 11) is 0. The van der Waals surface area contributed by atoms with Gasteiger partial charge in [0.05, 0.1) is 5.69 Å². The first kappa shape index (κ1) is 16.9. The van der Waals surface area contributed by atoms with Gasteiger partial charge in [-0.2, -0.15) is 4.98 Å². The highest BCUT2D eigenvalue weighted by molar-refractivity contribution is 5.67. The molecule has 0 radical (unpaired) electrons. The molecule has 0 aliphatic rings. The SMILES string of the molecule is Cc1cc(C)cc(Nc2cc(-c3ccncc3)nc(NC(C)C)n2)c1. The molecule has 5 heteroatoms. The summed E-state index contributed by atoms with van der Waals surface area (Å²) in [4.78, 5) is 13.3. The number of rotatable bonds is 5. The molecular formula is C20H23N5. The quantitative estimate of drug-likeness (QED) is 0.707. The summed E-state index contributed by atoms with van der Waals surface area (Å²) in [5.41, 5.74) is 5.31. The van der Waals surface area contributed by atoms with Crippen LogP contribution in [0, 0.1) is 13.8 Å². The summed E-state index contributed by atoms with van der Waals surface area (Å²) in [6.45, 7) is 8.32. The smallest absolute Gasteiger partial charge is 0.225 e. The number of aromatic nitrogens is 3. The number of benzene rings is 1. The van der Waals surface area contributed by atoms with Gasteiger partial charge in [-0.3, -0.25) is 4.98 Å². The lowest BCUT2D eigenvalue weighted by Crippen LogP contribution is -2.13. The third kappa shape index (κ3) is 4.53. The van der Waals surface area contributed by atoms with E-state index in [1.807, 2.05) is 18.2 Å². The van der Waals surface area contributed by atoms with Crippen molar-refractivity contribution in [2.24, 2.45) is 0 Å². The summed E-state index contributed by atoms with van der Waals surface area (Å²) < 4.78 is 0. The second-order valence-electron chi connectivity index (χ2n) is 6.50. The molecule has 0 saturated heterocycles. The fourth-order valence-corrected chi connectivity index (χ4v) is 2.70. The van der Waals surface area contributed by atoms with Crippen LogP contribution in [0.15, 0.2) is 48.8 Å². The monoisotopic (exact) mass is 333 g/mol. The summed E-state index contributed by atoms with van der Waals surface area (Å²) in [5, 5.41) is 6.69. The topological polar surface area (TPSA) is 62.7 Å². The Hall–Kier alpha value is -2.95. The number of anilines is 3. The maximum absolute atomic E-state index is 4.63. The minimum atomic E-state index is 0.252. The molecule has 25 heavy (non-hydrogen) atoms. The molecule has 2 N–H and O–H groups in total. The van der Waals surface area contributed by atoms with E-state index in [0.717, 1.165) is 22.8 Å². The minimum Gasteiger partial charge on any atom is -0.352 e. The summed E-state index contributed by atoms with van der Waals surface area (Å²) in [6.07, 6.45) is 3.54. The van der Waals surface area contributed by atoms with Crippen LogP contribution in [0.4, 0.5) is 17.5 Å². The van der Waals surface area contributed by atoms with Crippen LogP contribution in [0.1, 0.15) is 25.0 Å². The van der Waals surface area contributed by atoms with Crippen molar-refractivity contribution in [1.29, 1.82) is 0 Å². The minimum absolute atomic E-state index is 0.252. The molecule has 0 amide bonds. The van der Waals surface area contributed by atoms with Crippen LogP contribution in [-0.4, -0.2) is 21.0 Å². The average molecular weight is 333 g/mol. The number of nitrogens with one attached hydrogen (secondary N) is 2. The molecule has 3 rings (SSSR count). The van der Waals surface area contributed by atoms with Crippen molar-refractivity contribution in [3.63, 3.8) is 0 Å². The Labute approximate surface area is 148 Å². The molecule has 2 heterocycles. The normalized spacial score (nSPS) is 10.8. The zero-order chi connectivity index (χ0) is 17.8. The number of hydrogen-bond donors (Lipinski definition) is 2. The molecule has 0 spiro atoms. The molecule has 128 valence electrons. The Morgan fingerprint density at radius 1 is 0.880 bits per heavy atom. The van der Waals surface area contributed by atoms with E-state index in [1.54, 1.807) is 12.4 Å². The molecule has 5 nitrogen and oxygen atoms in total. The predicted molar refractivity (Wildman–Crippen MR) is 103 cm³/mol. The Kier molecular flexibility index (Phi) is 4.93. The highest BCUT2D eigenvalue weighted by atomic mass is 15.2. The van der Waals surface area contributed by atoms with Crippen molar-refractivity contribution in [3.8, 4) is 11.3 Å². The largest absolute Gasteiger partial charge is 0.352 e. The van der Waals surface area contributed by atoms with E-state index in [4.69, 9.17) is 0 Å². The molecule has 0 unspecified atom stereocenters. The van der Waals surface area contributed by atoms with Gasteiger partial charge in [-0.15, -0.1) is 0 Å². The van der Waals surface area contributed by atoms with E-state index in [0.29, 0.717) is 5.95 Å². The summed E-state index contributed by atoms with van der Waals surface area (Å²) >= 11 is 0. The van der Waals surface area contributed by atoms with Gasteiger partial charge in [-0.25, -0.2) is 4.98 Å². The lowest BCUT2D eigenvalue weighted by atomic mass is 10.1. The highest BCUT2D eigenvalue weighted by Gasteiger charge is 2.08. The first-order valence-corrected chi connectivity index (χ1v) is 8.41. The maximum Gasteiger partial charge on any atom is 0.225 e. The first-order valence-electron chi connectivity index (χ1n) is 8.41. The van der Waals surface area contributed by atoms with E-state index in [-0.39, 0.29) is 6.04 Å². The first-order chi connectivity index (χ1) is 12.0. The summed E-state index contributed by atoms with van der Waals surface area (Å²) in [5.74, 6) is 1.37. The molecule has 0 saturated carbocycles. The van der Waals surface area contributed by atoms with Gasteiger partial charge < -0.3 is 10.6 Å². The van der Waals surface area contributed by atoms with E-state index in [2.05, 4.69) is 71.5 Å². The van der Waals surface area contributed by atoms with Gasteiger partial charge in [0.25, 0.3) is 0 Å². The Balaban J connectivity index is 1.99. The van der Waals surface area contributed by atoms with Crippen molar-refractivity contribution in [2.45, 2.75) is 33.7 Å².